The van der Waals surface area contributed by atoms with Gasteiger partial charge in [0.25, 0.3) is 0 Å². The number of esters is 1. The summed E-state index contributed by atoms with van der Waals surface area (Å²) in [6, 6.07) is 0. The van der Waals surface area contributed by atoms with Gasteiger partial charge in [0.15, 0.2) is 0 Å². The molecule has 4 heteroatoms. The van der Waals surface area contributed by atoms with Crippen molar-refractivity contribution in [2.75, 3.05) is 20.0 Å². The van der Waals surface area contributed by atoms with E-state index in [1.54, 1.807) is 0 Å². The summed E-state index contributed by atoms with van der Waals surface area (Å²) in [5.74, 6) is 2.73. The van der Waals surface area contributed by atoms with E-state index in [2.05, 4.69) is 13.8 Å². The minimum atomic E-state index is -0.0983. The van der Waals surface area contributed by atoms with Crippen LogP contribution in [0.15, 0.2) is 0 Å². The Kier molecular flexibility index (Phi) is 8.38. The van der Waals surface area contributed by atoms with Crippen molar-refractivity contribution in [1.82, 2.24) is 0 Å². The second-order valence-electron chi connectivity index (χ2n) is 7.23. The second kappa shape index (κ2) is 10.3. The van der Waals surface area contributed by atoms with Crippen molar-refractivity contribution in [3.8, 4) is 0 Å². The quantitative estimate of drug-likeness (QED) is 0.443. The van der Waals surface area contributed by atoms with Gasteiger partial charge >= 0.3 is 5.97 Å². The topological polar surface area (TPSA) is 44.8 Å². The molecule has 0 aromatic carbocycles. The average Bonchev–Trinajstić information content (AvgIpc) is 3.21. The molecule has 0 radical (unpaired) electrons. The fraction of sp³-hybridized carbons (Fsp3) is 0.947. The summed E-state index contributed by atoms with van der Waals surface area (Å²) in [6.45, 7) is 5.85. The van der Waals surface area contributed by atoms with Gasteiger partial charge in [0.2, 0.25) is 0 Å². The number of hydrogen-bond acceptors (Lipinski definition) is 4. The molecule has 0 N–H and O–H groups in total. The normalized spacial score (nSPS) is 30.7. The van der Waals surface area contributed by atoms with Crippen molar-refractivity contribution >= 4 is 5.97 Å². The molecule has 134 valence electrons. The Morgan fingerprint density at radius 3 is 2.61 bits per heavy atom. The Morgan fingerprint density at radius 2 is 1.91 bits per heavy atom. The first-order chi connectivity index (χ1) is 11.2. The van der Waals surface area contributed by atoms with E-state index in [4.69, 9.17) is 14.2 Å². The summed E-state index contributed by atoms with van der Waals surface area (Å²) in [5.41, 5.74) is 0. The van der Waals surface area contributed by atoms with Crippen LogP contribution in [0.2, 0.25) is 0 Å². The Morgan fingerprint density at radius 1 is 1.09 bits per heavy atom. The lowest BCUT2D eigenvalue weighted by atomic mass is 9.89. The zero-order chi connectivity index (χ0) is 16.5. The van der Waals surface area contributed by atoms with Gasteiger partial charge in [-0.2, -0.15) is 0 Å². The van der Waals surface area contributed by atoms with Gasteiger partial charge in [0, 0.05) is 6.42 Å². The van der Waals surface area contributed by atoms with E-state index in [-0.39, 0.29) is 12.1 Å². The third-order valence-corrected chi connectivity index (χ3v) is 5.62. The molecule has 0 bridgehead atoms. The van der Waals surface area contributed by atoms with Crippen molar-refractivity contribution < 1.29 is 19.0 Å². The molecular weight excluding hydrogens is 292 g/mol. The van der Waals surface area contributed by atoms with E-state index < -0.39 is 0 Å². The standard InChI is InChI=1S/C19H34O4/c1-3-15-10-16(4-2)17(11-15)8-6-5-7-9-19(20)22-13-18-12-21-14-23-18/h15-18H,3-14H2,1-2H3. The molecule has 1 saturated carbocycles. The van der Waals surface area contributed by atoms with E-state index in [0.29, 0.717) is 26.4 Å². The zero-order valence-electron chi connectivity index (χ0n) is 14.9. The van der Waals surface area contributed by atoms with Crippen LogP contribution in [-0.2, 0) is 19.0 Å². The monoisotopic (exact) mass is 326 g/mol. The third kappa shape index (κ3) is 6.42. The Labute approximate surface area is 141 Å². The Bertz CT molecular complexity index is 338. The number of carbonyl (C=O) groups excluding carboxylic acids is 1. The summed E-state index contributed by atoms with van der Waals surface area (Å²) in [4.78, 5) is 11.7. The van der Waals surface area contributed by atoms with Crippen LogP contribution in [-0.4, -0.2) is 32.1 Å². The molecule has 2 rings (SSSR count). The summed E-state index contributed by atoms with van der Waals surface area (Å²) >= 11 is 0. The van der Waals surface area contributed by atoms with E-state index in [0.717, 1.165) is 30.6 Å². The fourth-order valence-electron chi connectivity index (χ4n) is 4.10. The van der Waals surface area contributed by atoms with Crippen molar-refractivity contribution in [2.24, 2.45) is 17.8 Å². The molecule has 4 nitrogen and oxygen atoms in total. The smallest absolute Gasteiger partial charge is 0.305 e. The molecule has 1 aliphatic carbocycles. The number of rotatable bonds is 10. The maximum atomic E-state index is 11.7. The lowest BCUT2D eigenvalue weighted by Gasteiger charge is -2.17. The summed E-state index contributed by atoms with van der Waals surface area (Å²) in [6.07, 6.45) is 10.7. The SMILES string of the molecule is CCC1CC(CC)C(CCCCCC(=O)OCC2COCO2)C1. The molecule has 1 saturated heterocycles. The van der Waals surface area contributed by atoms with Crippen LogP contribution in [0.1, 0.15) is 71.6 Å². The van der Waals surface area contributed by atoms with Gasteiger partial charge in [-0.15, -0.1) is 0 Å². The highest BCUT2D eigenvalue weighted by molar-refractivity contribution is 5.69. The highest BCUT2D eigenvalue weighted by atomic mass is 16.7. The maximum absolute atomic E-state index is 11.7. The minimum absolute atomic E-state index is 0.0706. The minimum Gasteiger partial charge on any atom is -0.463 e. The van der Waals surface area contributed by atoms with E-state index in [9.17, 15) is 4.79 Å². The first-order valence-electron chi connectivity index (χ1n) is 9.57. The van der Waals surface area contributed by atoms with Crippen LogP contribution in [0.3, 0.4) is 0 Å². The summed E-state index contributed by atoms with van der Waals surface area (Å²) in [7, 11) is 0. The molecular formula is C19H34O4. The first-order valence-corrected chi connectivity index (χ1v) is 9.57. The average molecular weight is 326 g/mol. The molecule has 23 heavy (non-hydrogen) atoms. The van der Waals surface area contributed by atoms with Crippen LogP contribution < -0.4 is 0 Å². The zero-order valence-corrected chi connectivity index (χ0v) is 14.9. The predicted octanol–water partition coefficient (Wildman–Crippen LogP) is 4.32. The number of unbranched alkanes of at least 4 members (excludes halogenated alkanes) is 2. The number of ether oxygens (including phenoxy) is 3. The summed E-state index contributed by atoms with van der Waals surface area (Å²) in [5, 5.41) is 0. The second-order valence-corrected chi connectivity index (χ2v) is 7.23. The van der Waals surface area contributed by atoms with Crippen LogP contribution in [0, 0.1) is 17.8 Å². The van der Waals surface area contributed by atoms with E-state index >= 15 is 0 Å². The van der Waals surface area contributed by atoms with Gasteiger partial charge in [-0.05, 0) is 37.0 Å². The molecule has 1 heterocycles. The van der Waals surface area contributed by atoms with E-state index in [1.165, 1.54) is 38.5 Å². The molecule has 4 atom stereocenters. The third-order valence-electron chi connectivity index (χ3n) is 5.62. The van der Waals surface area contributed by atoms with Crippen molar-refractivity contribution in [2.45, 2.75) is 77.7 Å². The number of carbonyl (C=O) groups is 1. The van der Waals surface area contributed by atoms with E-state index in [1.807, 2.05) is 0 Å². The first kappa shape index (κ1) is 18.7. The van der Waals surface area contributed by atoms with Gasteiger partial charge in [-0.25, -0.2) is 0 Å². The Balaban J connectivity index is 1.49. The van der Waals surface area contributed by atoms with Gasteiger partial charge in [-0.3, -0.25) is 4.79 Å². The van der Waals surface area contributed by atoms with Crippen molar-refractivity contribution in [3.63, 3.8) is 0 Å². The molecule has 0 spiro atoms. The molecule has 2 aliphatic rings. The molecule has 0 aromatic heterocycles. The Hall–Kier alpha value is -0.610. The fourth-order valence-corrected chi connectivity index (χ4v) is 4.10. The van der Waals surface area contributed by atoms with Gasteiger partial charge in [-0.1, -0.05) is 46.0 Å². The number of hydrogen-bond donors (Lipinski definition) is 0. The predicted molar refractivity (Wildman–Crippen MR) is 90.0 cm³/mol. The van der Waals surface area contributed by atoms with Crippen molar-refractivity contribution in [1.29, 1.82) is 0 Å². The van der Waals surface area contributed by atoms with Gasteiger partial charge in [0.1, 0.15) is 19.5 Å². The van der Waals surface area contributed by atoms with Crippen LogP contribution in [0.4, 0.5) is 0 Å². The maximum Gasteiger partial charge on any atom is 0.305 e. The molecule has 1 aliphatic heterocycles. The summed E-state index contributed by atoms with van der Waals surface area (Å²) < 4.78 is 15.5. The molecule has 2 fully saturated rings. The highest BCUT2D eigenvalue weighted by Crippen LogP contribution is 2.42. The van der Waals surface area contributed by atoms with Gasteiger partial charge < -0.3 is 14.2 Å². The van der Waals surface area contributed by atoms with Crippen molar-refractivity contribution in [3.05, 3.63) is 0 Å². The highest BCUT2D eigenvalue weighted by Gasteiger charge is 2.31. The van der Waals surface area contributed by atoms with Crippen LogP contribution >= 0.6 is 0 Å². The lowest BCUT2D eigenvalue weighted by molar-refractivity contribution is -0.146. The lowest BCUT2D eigenvalue weighted by Crippen LogP contribution is -2.20. The van der Waals surface area contributed by atoms with Gasteiger partial charge in [0.05, 0.1) is 6.61 Å². The molecule has 4 unspecified atom stereocenters. The molecule has 0 amide bonds. The van der Waals surface area contributed by atoms with Crippen LogP contribution in [0.25, 0.3) is 0 Å². The van der Waals surface area contributed by atoms with Crippen LogP contribution in [0.5, 0.6) is 0 Å². The molecule has 0 aromatic rings. The largest absolute Gasteiger partial charge is 0.463 e.